The fourth-order valence-electron chi connectivity index (χ4n) is 3.53. The Hall–Kier alpha value is -3.86. The summed E-state index contributed by atoms with van der Waals surface area (Å²) in [5.41, 5.74) is 3.52. The zero-order valence-corrected chi connectivity index (χ0v) is 21.4. The average Bonchev–Trinajstić information content (AvgIpc) is 3.30. The van der Waals surface area contributed by atoms with Gasteiger partial charge >= 0.3 is 0 Å². The molecule has 2 N–H and O–H groups in total. The summed E-state index contributed by atoms with van der Waals surface area (Å²) in [4.78, 5) is 18.0. The number of halogens is 1. The van der Waals surface area contributed by atoms with Gasteiger partial charge in [0.25, 0.3) is 0 Å². The highest BCUT2D eigenvalue weighted by Crippen LogP contribution is 2.26. The molecule has 36 heavy (non-hydrogen) atoms. The lowest BCUT2D eigenvalue weighted by atomic mass is 10.1. The summed E-state index contributed by atoms with van der Waals surface area (Å²) in [6.45, 7) is 5.14. The van der Waals surface area contributed by atoms with Gasteiger partial charge in [0, 0.05) is 56.0 Å². The number of unbranched alkanes of at least 4 members (excludes halogenated alkanes) is 2. The standard InChI is InChI=1S/C27H28ClN5O.CH4O/c1-3-7-26(30-18-21-8-10-22(20-34)11-9-21)33(17-6-4-5-16-29)27-31-25(19-32(27)2)23-12-14-24(28)15-13-23;1-2/h3,7-15,19-20,30H,1,4-6,17-18H2,2H3;2H,1H3/b26-7-;. The smallest absolute Gasteiger partial charge is 0.211 e. The number of anilines is 1. The summed E-state index contributed by atoms with van der Waals surface area (Å²) >= 11 is 6.05. The molecule has 1 aromatic heterocycles. The molecule has 0 aliphatic heterocycles. The van der Waals surface area contributed by atoms with Crippen molar-refractivity contribution >= 4 is 23.8 Å². The number of aldehydes is 1. The maximum atomic E-state index is 10.9. The maximum Gasteiger partial charge on any atom is 0.211 e. The van der Waals surface area contributed by atoms with Crippen LogP contribution in [0.5, 0.6) is 0 Å². The Bertz CT molecular complexity index is 1180. The van der Waals surface area contributed by atoms with Gasteiger partial charge in [-0.2, -0.15) is 5.26 Å². The van der Waals surface area contributed by atoms with Crippen molar-refractivity contribution in [1.29, 1.82) is 5.26 Å². The maximum absolute atomic E-state index is 10.9. The second kappa shape index (κ2) is 15.2. The molecule has 8 heteroatoms. The lowest BCUT2D eigenvalue weighted by Crippen LogP contribution is -2.34. The molecule has 3 rings (SSSR count). The number of imidazole rings is 1. The minimum Gasteiger partial charge on any atom is -0.400 e. The van der Waals surface area contributed by atoms with Crippen LogP contribution in [0.1, 0.15) is 35.2 Å². The van der Waals surface area contributed by atoms with Gasteiger partial charge in [-0.15, -0.1) is 0 Å². The molecule has 0 bridgehead atoms. The number of aliphatic hydroxyl groups is 1. The molecule has 0 saturated heterocycles. The molecular weight excluding hydrogens is 474 g/mol. The average molecular weight is 506 g/mol. The predicted molar refractivity (Wildman–Crippen MR) is 146 cm³/mol. The zero-order valence-electron chi connectivity index (χ0n) is 20.7. The van der Waals surface area contributed by atoms with Crippen molar-refractivity contribution < 1.29 is 9.90 Å². The van der Waals surface area contributed by atoms with Crippen LogP contribution in [0, 0.1) is 11.3 Å². The Balaban J connectivity index is 0.00000222. The fourth-order valence-corrected chi connectivity index (χ4v) is 3.66. The largest absolute Gasteiger partial charge is 0.400 e. The van der Waals surface area contributed by atoms with E-state index in [0.29, 0.717) is 30.1 Å². The number of aliphatic hydroxyl groups excluding tert-OH is 1. The molecule has 3 aromatic rings. The van der Waals surface area contributed by atoms with Gasteiger partial charge in [-0.1, -0.05) is 60.7 Å². The molecule has 0 aliphatic rings. The van der Waals surface area contributed by atoms with E-state index in [4.69, 9.17) is 27.0 Å². The number of rotatable bonds is 12. The number of benzene rings is 2. The topological polar surface area (TPSA) is 94.2 Å². The molecule has 2 aromatic carbocycles. The van der Waals surface area contributed by atoms with E-state index >= 15 is 0 Å². The molecule has 0 fully saturated rings. The molecule has 0 unspecified atom stereocenters. The van der Waals surface area contributed by atoms with E-state index in [1.165, 1.54) is 0 Å². The minimum absolute atomic E-state index is 0.515. The van der Waals surface area contributed by atoms with Crippen LogP contribution in [0.25, 0.3) is 11.3 Å². The SMILES string of the molecule is C=C/C=C(/NCc1ccc(C=O)cc1)N(CCCCC#N)c1nc(-c2ccc(Cl)cc2)cn1C.CO. The Kier molecular flexibility index (Phi) is 12.0. The van der Waals surface area contributed by atoms with Crippen molar-refractivity contribution in [3.63, 3.8) is 0 Å². The number of carbonyl (C=O) groups is 1. The van der Waals surface area contributed by atoms with Crippen LogP contribution in [-0.2, 0) is 13.6 Å². The minimum atomic E-state index is 0.515. The first kappa shape index (κ1) is 28.4. The number of nitriles is 1. The normalized spacial score (nSPS) is 10.6. The highest BCUT2D eigenvalue weighted by atomic mass is 35.5. The van der Waals surface area contributed by atoms with E-state index in [-0.39, 0.29) is 0 Å². The summed E-state index contributed by atoms with van der Waals surface area (Å²) in [5, 5.41) is 20.1. The van der Waals surface area contributed by atoms with Gasteiger partial charge < -0.3 is 15.0 Å². The van der Waals surface area contributed by atoms with Crippen LogP contribution in [0.15, 0.2) is 79.3 Å². The number of hydrogen-bond donors (Lipinski definition) is 2. The number of aromatic nitrogens is 2. The number of nitrogens with one attached hydrogen (secondary N) is 1. The zero-order chi connectivity index (χ0) is 26.3. The van der Waals surface area contributed by atoms with E-state index < -0.39 is 0 Å². The van der Waals surface area contributed by atoms with E-state index in [9.17, 15) is 4.79 Å². The molecule has 188 valence electrons. The van der Waals surface area contributed by atoms with Gasteiger partial charge in [-0.3, -0.25) is 9.69 Å². The van der Waals surface area contributed by atoms with Crippen molar-refractivity contribution in [1.82, 2.24) is 14.9 Å². The summed E-state index contributed by atoms with van der Waals surface area (Å²) in [6, 6.07) is 17.3. The monoisotopic (exact) mass is 505 g/mol. The Morgan fingerprint density at radius 1 is 1.19 bits per heavy atom. The predicted octanol–water partition coefficient (Wildman–Crippen LogP) is 5.48. The Labute approximate surface area is 218 Å². The van der Waals surface area contributed by atoms with Crippen molar-refractivity contribution in [3.05, 3.63) is 95.4 Å². The first-order chi connectivity index (χ1) is 17.5. The van der Waals surface area contributed by atoms with Gasteiger partial charge in [0.2, 0.25) is 5.95 Å². The van der Waals surface area contributed by atoms with Crippen molar-refractivity contribution in [3.8, 4) is 17.3 Å². The summed E-state index contributed by atoms with van der Waals surface area (Å²) < 4.78 is 1.99. The molecule has 0 aliphatic carbocycles. The first-order valence-corrected chi connectivity index (χ1v) is 11.9. The Morgan fingerprint density at radius 2 is 1.89 bits per heavy atom. The number of allylic oxidation sites excluding steroid dienone is 2. The molecule has 1 heterocycles. The van der Waals surface area contributed by atoms with Crippen LogP contribution in [0.3, 0.4) is 0 Å². The lowest BCUT2D eigenvalue weighted by Gasteiger charge is -2.27. The summed E-state index contributed by atoms with van der Waals surface area (Å²) in [6.07, 6.45) is 8.63. The molecule has 7 nitrogen and oxygen atoms in total. The van der Waals surface area contributed by atoms with E-state index in [1.807, 2.05) is 60.3 Å². The van der Waals surface area contributed by atoms with Gasteiger partial charge in [-0.25, -0.2) is 4.98 Å². The van der Waals surface area contributed by atoms with Crippen LogP contribution in [-0.4, -0.2) is 34.6 Å². The fraction of sp³-hybridized carbons (Fsp3) is 0.250. The lowest BCUT2D eigenvalue weighted by molar-refractivity contribution is 0.112. The van der Waals surface area contributed by atoms with Gasteiger partial charge in [0.1, 0.15) is 12.1 Å². The van der Waals surface area contributed by atoms with Gasteiger partial charge in [0.05, 0.1) is 11.8 Å². The van der Waals surface area contributed by atoms with Crippen molar-refractivity contribution in [2.75, 3.05) is 18.6 Å². The second-order valence-electron chi connectivity index (χ2n) is 7.81. The molecule has 0 spiro atoms. The van der Waals surface area contributed by atoms with Crippen molar-refractivity contribution in [2.24, 2.45) is 7.05 Å². The van der Waals surface area contributed by atoms with Crippen LogP contribution in [0.2, 0.25) is 5.02 Å². The van der Waals surface area contributed by atoms with Crippen LogP contribution >= 0.6 is 11.6 Å². The van der Waals surface area contributed by atoms with Crippen molar-refractivity contribution in [2.45, 2.75) is 25.8 Å². The summed E-state index contributed by atoms with van der Waals surface area (Å²) in [7, 11) is 2.97. The van der Waals surface area contributed by atoms with Gasteiger partial charge in [-0.05, 0) is 36.6 Å². The number of nitrogens with zero attached hydrogens (tertiary/aromatic N) is 4. The highest BCUT2D eigenvalue weighted by molar-refractivity contribution is 6.30. The third-order valence-electron chi connectivity index (χ3n) is 5.31. The number of hydrogen-bond acceptors (Lipinski definition) is 6. The molecule has 0 atom stereocenters. The molecule has 0 amide bonds. The van der Waals surface area contributed by atoms with E-state index in [2.05, 4.69) is 22.9 Å². The third kappa shape index (κ3) is 8.12. The molecule has 0 saturated carbocycles. The number of carbonyl (C=O) groups excluding carboxylic acids is 1. The Morgan fingerprint density at radius 3 is 2.50 bits per heavy atom. The van der Waals surface area contributed by atoms with Gasteiger partial charge in [0.15, 0.2) is 0 Å². The van der Waals surface area contributed by atoms with E-state index in [0.717, 1.165) is 54.8 Å². The third-order valence-corrected chi connectivity index (χ3v) is 5.56. The number of aryl methyl sites for hydroxylation is 1. The summed E-state index contributed by atoms with van der Waals surface area (Å²) in [5.74, 6) is 1.63. The van der Waals surface area contributed by atoms with E-state index in [1.54, 1.807) is 18.2 Å². The molecule has 0 radical (unpaired) electrons. The molecular formula is C28H32ClN5O2. The van der Waals surface area contributed by atoms with Crippen LogP contribution in [0.4, 0.5) is 5.95 Å². The van der Waals surface area contributed by atoms with Crippen LogP contribution < -0.4 is 10.2 Å². The first-order valence-electron chi connectivity index (χ1n) is 11.5. The quantitative estimate of drug-likeness (QED) is 0.192. The second-order valence-corrected chi connectivity index (χ2v) is 8.25. The highest BCUT2D eigenvalue weighted by Gasteiger charge is 2.18.